The number of carbonyl (C=O) groups is 4. The molecule has 0 radical (unpaired) electrons. The van der Waals surface area contributed by atoms with Gasteiger partial charge in [-0.05, 0) is 89.6 Å². The number of carbonyl (C=O) groups excluding carboxylic acids is 4. The largest absolute Gasteiger partial charge is 0.508 e. The van der Waals surface area contributed by atoms with Gasteiger partial charge >= 0.3 is 12.1 Å². The van der Waals surface area contributed by atoms with Crippen LogP contribution in [0.15, 0.2) is 84.9 Å². The number of aromatic hydroxyl groups is 1. The minimum Gasteiger partial charge on any atom is -0.508 e. The Morgan fingerprint density at radius 2 is 1.24 bits per heavy atom. The SMILES string of the molecule is CC(C)(C)OC(=O)NC(Cc1ccccc1)C(=O)N(C1CCC1)C(C(=O)NC(Cc1ccccc1)C(=O)OC(C)(C)C)c1ccc(O)cc1. The zero-order valence-corrected chi connectivity index (χ0v) is 29.3. The van der Waals surface area contributed by atoms with Crippen molar-refractivity contribution >= 4 is 23.9 Å². The number of amides is 3. The molecule has 1 aliphatic carbocycles. The van der Waals surface area contributed by atoms with Crippen LogP contribution in [0.5, 0.6) is 5.75 Å². The Balaban J connectivity index is 1.75. The minimum atomic E-state index is -1.20. The molecule has 1 aliphatic rings. The van der Waals surface area contributed by atoms with Crippen LogP contribution >= 0.6 is 0 Å². The molecule has 1 fully saturated rings. The number of esters is 1. The van der Waals surface area contributed by atoms with Crippen molar-refractivity contribution in [3.05, 3.63) is 102 Å². The summed E-state index contributed by atoms with van der Waals surface area (Å²) in [5.41, 5.74) is 0.454. The summed E-state index contributed by atoms with van der Waals surface area (Å²) in [5.74, 6) is -1.67. The number of nitrogens with one attached hydrogen (secondary N) is 2. The molecule has 10 nitrogen and oxygen atoms in total. The van der Waals surface area contributed by atoms with Crippen LogP contribution in [0.4, 0.5) is 4.79 Å². The lowest BCUT2D eigenvalue weighted by atomic mass is 9.87. The predicted octanol–water partition coefficient (Wildman–Crippen LogP) is 6.02. The summed E-state index contributed by atoms with van der Waals surface area (Å²) in [6.07, 6.45) is 1.72. The van der Waals surface area contributed by atoms with E-state index < -0.39 is 53.2 Å². The van der Waals surface area contributed by atoms with E-state index >= 15 is 0 Å². The first-order chi connectivity index (χ1) is 23.1. The molecular weight excluding hydrogens is 622 g/mol. The van der Waals surface area contributed by atoms with Crippen LogP contribution in [0, 0.1) is 0 Å². The lowest BCUT2D eigenvalue weighted by Crippen LogP contribution is -2.59. The number of hydrogen-bond acceptors (Lipinski definition) is 7. The summed E-state index contributed by atoms with van der Waals surface area (Å²) >= 11 is 0. The topological polar surface area (TPSA) is 134 Å². The summed E-state index contributed by atoms with van der Waals surface area (Å²) in [4.78, 5) is 57.6. The van der Waals surface area contributed by atoms with Gasteiger partial charge in [-0.2, -0.15) is 0 Å². The maximum Gasteiger partial charge on any atom is 0.408 e. The normalized spacial score (nSPS) is 15.1. The molecule has 10 heteroatoms. The second-order valence-corrected chi connectivity index (χ2v) is 14.5. The molecule has 0 aromatic heterocycles. The Morgan fingerprint density at radius 3 is 1.71 bits per heavy atom. The zero-order valence-electron chi connectivity index (χ0n) is 29.3. The number of ether oxygens (including phenoxy) is 2. The Hall–Kier alpha value is -4.86. The summed E-state index contributed by atoms with van der Waals surface area (Å²) in [7, 11) is 0. The third-order valence-corrected chi connectivity index (χ3v) is 8.02. The van der Waals surface area contributed by atoms with Crippen molar-refractivity contribution in [1.82, 2.24) is 15.5 Å². The minimum absolute atomic E-state index is 0.00585. The van der Waals surface area contributed by atoms with Gasteiger partial charge in [-0.1, -0.05) is 72.8 Å². The Kier molecular flexibility index (Phi) is 12.1. The summed E-state index contributed by atoms with van der Waals surface area (Å²) in [5, 5.41) is 15.8. The van der Waals surface area contributed by atoms with Gasteiger partial charge in [0, 0.05) is 18.9 Å². The van der Waals surface area contributed by atoms with Crippen molar-refractivity contribution in [1.29, 1.82) is 0 Å². The molecule has 262 valence electrons. The average molecular weight is 672 g/mol. The van der Waals surface area contributed by atoms with E-state index in [2.05, 4.69) is 10.6 Å². The number of phenolic OH excluding ortho intramolecular Hbond substituents is 1. The molecule has 4 rings (SSSR count). The van der Waals surface area contributed by atoms with Gasteiger partial charge in [-0.25, -0.2) is 9.59 Å². The fraction of sp³-hybridized carbons (Fsp3) is 0.436. The van der Waals surface area contributed by atoms with Crippen molar-refractivity contribution in [3.8, 4) is 5.75 Å². The van der Waals surface area contributed by atoms with Gasteiger partial charge < -0.3 is 30.1 Å². The quantitative estimate of drug-likeness (QED) is 0.201. The number of alkyl carbamates (subject to hydrolysis) is 1. The Morgan fingerprint density at radius 1 is 0.735 bits per heavy atom. The maximum absolute atomic E-state index is 14.8. The number of hydrogen-bond donors (Lipinski definition) is 3. The lowest BCUT2D eigenvalue weighted by molar-refractivity contribution is -0.159. The highest BCUT2D eigenvalue weighted by atomic mass is 16.6. The van der Waals surface area contributed by atoms with Crippen molar-refractivity contribution in [3.63, 3.8) is 0 Å². The van der Waals surface area contributed by atoms with Crippen molar-refractivity contribution < 1.29 is 33.8 Å². The molecule has 3 atom stereocenters. The van der Waals surface area contributed by atoms with E-state index in [1.807, 2.05) is 60.7 Å². The van der Waals surface area contributed by atoms with E-state index in [1.165, 1.54) is 17.0 Å². The number of phenols is 1. The maximum atomic E-state index is 14.8. The highest BCUT2D eigenvalue weighted by molar-refractivity contribution is 5.94. The lowest BCUT2D eigenvalue weighted by Gasteiger charge is -2.44. The van der Waals surface area contributed by atoms with Gasteiger partial charge in [0.05, 0.1) is 0 Å². The molecule has 0 bridgehead atoms. The van der Waals surface area contributed by atoms with E-state index in [1.54, 1.807) is 53.7 Å². The van der Waals surface area contributed by atoms with Gasteiger partial charge in [0.2, 0.25) is 11.8 Å². The molecule has 1 saturated carbocycles. The molecule has 3 aromatic carbocycles. The van der Waals surface area contributed by atoms with Crippen LogP contribution in [0.3, 0.4) is 0 Å². The standard InChI is InChI=1S/C39H49N3O7/c1-38(2,3)48-36(46)32(25-27-16-11-8-12-17-27)40-34(44)33(28-20-22-30(43)23-21-28)42(29-18-13-19-29)35(45)31(24-26-14-9-7-10-15-26)41-37(47)49-39(4,5)6/h7-12,14-17,20-23,29,31-33,43H,13,18-19,24-25H2,1-6H3,(H,40,44)(H,41,47). The van der Waals surface area contributed by atoms with Crippen molar-refractivity contribution in [2.45, 2.75) is 109 Å². The fourth-order valence-electron chi connectivity index (χ4n) is 5.62. The average Bonchev–Trinajstić information content (AvgIpc) is 2.99. The number of nitrogens with zero attached hydrogens (tertiary/aromatic N) is 1. The molecule has 3 amide bonds. The highest BCUT2D eigenvalue weighted by Gasteiger charge is 2.43. The zero-order chi connectivity index (χ0) is 35.8. The predicted molar refractivity (Wildman–Crippen MR) is 187 cm³/mol. The Labute approximate surface area is 289 Å². The van der Waals surface area contributed by atoms with Gasteiger partial charge in [0.1, 0.15) is 35.1 Å². The van der Waals surface area contributed by atoms with Crippen molar-refractivity contribution in [2.24, 2.45) is 0 Å². The second kappa shape index (κ2) is 16.0. The monoisotopic (exact) mass is 671 g/mol. The summed E-state index contributed by atoms with van der Waals surface area (Å²) < 4.78 is 11.3. The van der Waals surface area contributed by atoms with Gasteiger partial charge in [-0.3, -0.25) is 9.59 Å². The molecule has 3 N–H and O–H groups in total. The van der Waals surface area contributed by atoms with Crippen LogP contribution in [0.2, 0.25) is 0 Å². The number of benzene rings is 3. The molecule has 49 heavy (non-hydrogen) atoms. The van der Waals surface area contributed by atoms with Crippen molar-refractivity contribution in [2.75, 3.05) is 0 Å². The van der Waals surface area contributed by atoms with E-state index in [9.17, 15) is 24.3 Å². The molecule has 0 spiro atoms. The van der Waals surface area contributed by atoms with E-state index in [-0.39, 0.29) is 24.6 Å². The molecular formula is C39H49N3O7. The second-order valence-electron chi connectivity index (χ2n) is 14.5. The van der Waals surface area contributed by atoms with Gasteiger partial charge in [0.15, 0.2) is 0 Å². The van der Waals surface area contributed by atoms with Gasteiger partial charge in [-0.15, -0.1) is 0 Å². The molecule has 3 aromatic rings. The smallest absolute Gasteiger partial charge is 0.408 e. The first-order valence-corrected chi connectivity index (χ1v) is 16.8. The first-order valence-electron chi connectivity index (χ1n) is 16.8. The van der Waals surface area contributed by atoms with Crippen LogP contribution in [0.25, 0.3) is 0 Å². The fourth-order valence-corrected chi connectivity index (χ4v) is 5.62. The first kappa shape index (κ1) is 37.0. The summed E-state index contributed by atoms with van der Waals surface area (Å²) in [6.45, 7) is 10.5. The Bertz CT molecular complexity index is 1560. The van der Waals surface area contributed by atoms with Gasteiger partial charge in [0.25, 0.3) is 0 Å². The van der Waals surface area contributed by atoms with Crippen LogP contribution in [-0.4, -0.2) is 63.2 Å². The molecule has 0 heterocycles. The molecule has 0 aliphatic heterocycles. The third kappa shape index (κ3) is 11.1. The van der Waals surface area contributed by atoms with Crippen LogP contribution in [0.1, 0.15) is 83.5 Å². The third-order valence-electron chi connectivity index (χ3n) is 8.02. The molecule has 3 unspecified atom stereocenters. The highest BCUT2D eigenvalue weighted by Crippen LogP contribution is 2.35. The summed E-state index contributed by atoms with van der Waals surface area (Å²) in [6, 6.07) is 21.0. The van der Waals surface area contributed by atoms with E-state index in [0.29, 0.717) is 18.4 Å². The number of rotatable bonds is 12. The van der Waals surface area contributed by atoms with E-state index in [0.717, 1.165) is 17.5 Å². The van der Waals surface area contributed by atoms with E-state index in [4.69, 9.17) is 9.47 Å². The molecule has 0 saturated heterocycles. The van der Waals surface area contributed by atoms with Crippen LogP contribution in [-0.2, 0) is 36.7 Å². The van der Waals surface area contributed by atoms with Crippen LogP contribution < -0.4 is 10.6 Å².